The van der Waals surface area contributed by atoms with Crippen molar-refractivity contribution < 1.29 is 19.5 Å². The van der Waals surface area contributed by atoms with Crippen LogP contribution in [0.4, 0.5) is 5.69 Å². The third-order valence-electron chi connectivity index (χ3n) is 4.17. The molecule has 1 saturated carbocycles. The van der Waals surface area contributed by atoms with E-state index in [1.165, 1.54) is 18.2 Å². The lowest BCUT2D eigenvalue weighted by Gasteiger charge is -2.15. The number of amides is 2. The fourth-order valence-corrected chi connectivity index (χ4v) is 2.48. The van der Waals surface area contributed by atoms with Crippen molar-refractivity contribution in [1.29, 1.82) is 0 Å². The number of carbonyl (C=O) groups is 3. The SMILES string of the molecule is CC(NC(=O)c1cccc(C(=O)O)n1)c1ccc(NC(=O)C2CC2)cc1. The Kier molecular flexibility index (Phi) is 4.97. The number of hydrogen-bond donors (Lipinski definition) is 3. The number of aromatic nitrogens is 1. The average Bonchev–Trinajstić information content (AvgIpc) is 3.47. The van der Waals surface area contributed by atoms with Crippen LogP contribution in [0.15, 0.2) is 42.5 Å². The van der Waals surface area contributed by atoms with Crippen molar-refractivity contribution in [1.82, 2.24) is 10.3 Å². The van der Waals surface area contributed by atoms with E-state index in [1.807, 2.05) is 19.1 Å². The quantitative estimate of drug-likeness (QED) is 0.740. The predicted octanol–water partition coefficient (Wildman–Crippen LogP) is 2.62. The molecule has 3 N–H and O–H groups in total. The van der Waals surface area contributed by atoms with Gasteiger partial charge in [-0.1, -0.05) is 18.2 Å². The molecule has 1 aliphatic rings. The van der Waals surface area contributed by atoms with Gasteiger partial charge >= 0.3 is 5.97 Å². The van der Waals surface area contributed by atoms with E-state index in [4.69, 9.17) is 5.11 Å². The lowest BCUT2D eigenvalue weighted by molar-refractivity contribution is -0.117. The molecule has 1 aromatic carbocycles. The number of pyridine rings is 1. The first-order valence-electron chi connectivity index (χ1n) is 8.36. The van der Waals surface area contributed by atoms with E-state index in [1.54, 1.807) is 12.1 Å². The van der Waals surface area contributed by atoms with E-state index < -0.39 is 11.9 Å². The normalized spacial score (nSPS) is 14.3. The summed E-state index contributed by atoms with van der Waals surface area (Å²) >= 11 is 0. The molecule has 1 fully saturated rings. The minimum Gasteiger partial charge on any atom is -0.477 e. The van der Waals surface area contributed by atoms with Gasteiger partial charge in [-0.05, 0) is 49.6 Å². The number of benzene rings is 1. The molecule has 1 atom stereocenters. The number of carboxylic acid groups (broad SMARTS) is 1. The molecule has 0 spiro atoms. The number of hydrogen-bond acceptors (Lipinski definition) is 4. The number of carbonyl (C=O) groups excluding carboxylic acids is 2. The summed E-state index contributed by atoms with van der Waals surface area (Å²) in [5.74, 6) is -1.45. The van der Waals surface area contributed by atoms with E-state index in [9.17, 15) is 14.4 Å². The maximum absolute atomic E-state index is 12.3. The Hall–Kier alpha value is -3.22. The van der Waals surface area contributed by atoms with Gasteiger partial charge in [0.15, 0.2) is 0 Å². The van der Waals surface area contributed by atoms with Crippen LogP contribution in [-0.4, -0.2) is 27.9 Å². The molecule has 0 saturated heterocycles. The largest absolute Gasteiger partial charge is 0.477 e. The van der Waals surface area contributed by atoms with E-state index in [0.717, 1.165) is 24.1 Å². The van der Waals surface area contributed by atoms with Gasteiger partial charge in [-0.2, -0.15) is 0 Å². The summed E-state index contributed by atoms with van der Waals surface area (Å²) in [4.78, 5) is 38.8. The van der Waals surface area contributed by atoms with Gasteiger partial charge in [-0.15, -0.1) is 0 Å². The molecule has 134 valence electrons. The second kappa shape index (κ2) is 7.35. The number of aromatic carboxylic acids is 1. The number of nitrogens with zero attached hydrogens (tertiary/aromatic N) is 1. The van der Waals surface area contributed by atoms with Gasteiger partial charge in [0.2, 0.25) is 5.91 Å². The molecule has 7 nitrogen and oxygen atoms in total. The maximum atomic E-state index is 12.3. The molecule has 1 aromatic heterocycles. The molecule has 2 amide bonds. The first-order valence-corrected chi connectivity index (χ1v) is 8.36. The van der Waals surface area contributed by atoms with Gasteiger partial charge in [0.1, 0.15) is 11.4 Å². The zero-order chi connectivity index (χ0) is 18.7. The molecule has 0 radical (unpaired) electrons. The van der Waals surface area contributed by atoms with Crippen molar-refractivity contribution in [2.45, 2.75) is 25.8 Å². The predicted molar refractivity (Wildman–Crippen MR) is 94.9 cm³/mol. The molecule has 1 heterocycles. The molecular formula is C19H19N3O4. The zero-order valence-corrected chi connectivity index (χ0v) is 14.2. The molecule has 3 rings (SSSR count). The van der Waals surface area contributed by atoms with Crippen LogP contribution < -0.4 is 10.6 Å². The van der Waals surface area contributed by atoms with Gasteiger partial charge in [-0.25, -0.2) is 9.78 Å². The van der Waals surface area contributed by atoms with Crippen LogP contribution in [0.1, 0.15) is 52.3 Å². The van der Waals surface area contributed by atoms with Crippen LogP contribution in [-0.2, 0) is 4.79 Å². The Morgan fingerprint density at radius 3 is 2.35 bits per heavy atom. The topological polar surface area (TPSA) is 108 Å². The summed E-state index contributed by atoms with van der Waals surface area (Å²) in [6, 6.07) is 11.2. The van der Waals surface area contributed by atoms with Gasteiger partial charge < -0.3 is 15.7 Å². The molecule has 7 heteroatoms. The fraction of sp³-hybridized carbons (Fsp3) is 0.263. The van der Waals surface area contributed by atoms with Crippen molar-refractivity contribution in [3.63, 3.8) is 0 Å². The summed E-state index contributed by atoms with van der Waals surface area (Å²) in [7, 11) is 0. The standard InChI is InChI=1S/C19H19N3O4/c1-11(20-18(24)15-3-2-4-16(22-15)19(25)26)12-7-9-14(10-8-12)21-17(23)13-5-6-13/h2-4,7-11,13H,5-6H2,1H3,(H,20,24)(H,21,23)(H,25,26). The molecule has 0 aliphatic heterocycles. The second-order valence-corrected chi connectivity index (χ2v) is 6.29. The zero-order valence-electron chi connectivity index (χ0n) is 14.2. The van der Waals surface area contributed by atoms with E-state index in [2.05, 4.69) is 15.6 Å². The Morgan fingerprint density at radius 1 is 1.08 bits per heavy atom. The Morgan fingerprint density at radius 2 is 1.73 bits per heavy atom. The smallest absolute Gasteiger partial charge is 0.354 e. The minimum absolute atomic E-state index is 0.0449. The van der Waals surface area contributed by atoms with E-state index in [-0.39, 0.29) is 29.3 Å². The fourth-order valence-electron chi connectivity index (χ4n) is 2.48. The lowest BCUT2D eigenvalue weighted by Crippen LogP contribution is -2.27. The highest BCUT2D eigenvalue weighted by atomic mass is 16.4. The van der Waals surface area contributed by atoms with Crippen LogP contribution in [0.3, 0.4) is 0 Å². The Bertz CT molecular complexity index is 844. The summed E-state index contributed by atoms with van der Waals surface area (Å²) in [6.45, 7) is 1.82. The third kappa shape index (κ3) is 4.24. The number of anilines is 1. The van der Waals surface area contributed by atoms with Gasteiger partial charge in [-0.3, -0.25) is 9.59 Å². The first-order chi connectivity index (χ1) is 12.4. The first kappa shape index (κ1) is 17.6. The van der Waals surface area contributed by atoms with E-state index in [0.29, 0.717) is 0 Å². The van der Waals surface area contributed by atoms with Crippen LogP contribution in [0.2, 0.25) is 0 Å². The van der Waals surface area contributed by atoms with Crippen LogP contribution >= 0.6 is 0 Å². The van der Waals surface area contributed by atoms with Gasteiger partial charge in [0, 0.05) is 11.6 Å². The van der Waals surface area contributed by atoms with Crippen molar-refractivity contribution in [2.75, 3.05) is 5.32 Å². The summed E-state index contributed by atoms with van der Waals surface area (Å²) in [5.41, 5.74) is 1.45. The summed E-state index contributed by atoms with van der Waals surface area (Å²) < 4.78 is 0. The van der Waals surface area contributed by atoms with Crippen molar-refractivity contribution in [3.05, 3.63) is 59.4 Å². The second-order valence-electron chi connectivity index (χ2n) is 6.29. The van der Waals surface area contributed by atoms with Crippen LogP contribution in [0, 0.1) is 5.92 Å². The Balaban J connectivity index is 1.62. The summed E-state index contributed by atoms with van der Waals surface area (Å²) in [5, 5.41) is 14.6. The molecule has 0 bridgehead atoms. The van der Waals surface area contributed by atoms with Crippen LogP contribution in [0.5, 0.6) is 0 Å². The minimum atomic E-state index is -1.18. The molecule has 26 heavy (non-hydrogen) atoms. The molecule has 1 unspecified atom stereocenters. The number of carboxylic acids is 1. The molecular weight excluding hydrogens is 334 g/mol. The van der Waals surface area contributed by atoms with Crippen molar-refractivity contribution >= 4 is 23.5 Å². The maximum Gasteiger partial charge on any atom is 0.354 e. The highest BCUT2D eigenvalue weighted by Gasteiger charge is 2.29. The lowest BCUT2D eigenvalue weighted by atomic mass is 10.1. The molecule has 2 aromatic rings. The summed E-state index contributed by atoms with van der Waals surface area (Å²) in [6.07, 6.45) is 1.90. The third-order valence-corrected chi connectivity index (χ3v) is 4.17. The average molecular weight is 353 g/mol. The highest BCUT2D eigenvalue weighted by Crippen LogP contribution is 2.30. The van der Waals surface area contributed by atoms with Gasteiger partial charge in [0.25, 0.3) is 5.91 Å². The van der Waals surface area contributed by atoms with Crippen molar-refractivity contribution in [2.24, 2.45) is 5.92 Å². The van der Waals surface area contributed by atoms with Gasteiger partial charge in [0.05, 0.1) is 6.04 Å². The Labute approximate surface area is 150 Å². The van der Waals surface area contributed by atoms with Crippen molar-refractivity contribution in [3.8, 4) is 0 Å². The van der Waals surface area contributed by atoms with E-state index >= 15 is 0 Å². The molecule has 1 aliphatic carbocycles. The van der Waals surface area contributed by atoms with Crippen LogP contribution in [0.25, 0.3) is 0 Å². The monoisotopic (exact) mass is 353 g/mol. The number of nitrogens with one attached hydrogen (secondary N) is 2. The highest BCUT2D eigenvalue weighted by molar-refractivity contribution is 5.95. The number of rotatable bonds is 6.